The highest BCUT2D eigenvalue weighted by Crippen LogP contribution is 2.31. The van der Waals surface area contributed by atoms with E-state index in [0.29, 0.717) is 16.6 Å². The van der Waals surface area contributed by atoms with Crippen molar-refractivity contribution in [3.63, 3.8) is 0 Å². The highest BCUT2D eigenvalue weighted by Gasteiger charge is 2.16. The largest absolute Gasteiger partial charge is 0.495 e. The molecule has 0 aliphatic carbocycles. The van der Waals surface area contributed by atoms with E-state index >= 15 is 0 Å². The van der Waals surface area contributed by atoms with Crippen molar-refractivity contribution in [2.24, 2.45) is 0 Å². The zero-order valence-corrected chi connectivity index (χ0v) is 10.4. The summed E-state index contributed by atoms with van der Waals surface area (Å²) in [6.07, 6.45) is 0. The Bertz CT molecular complexity index is 330. The van der Waals surface area contributed by atoms with E-state index in [2.05, 4.69) is 15.9 Å². The first kappa shape index (κ1) is 11.2. The smallest absolute Gasteiger partial charge is 0.175 e. The monoisotopic (exact) mass is 362 g/mol. The van der Waals surface area contributed by atoms with Crippen LogP contribution < -0.4 is 4.74 Å². The molecule has 0 N–H and O–H groups in total. The quantitative estimate of drug-likeness (QED) is 0.444. The maximum atomic E-state index is 13.0. The van der Waals surface area contributed by atoms with Crippen molar-refractivity contribution >= 4 is 38.5 Å². The number of ether oxygens (including phenoxy) is 1. The molecule has 0 unspecified atom stereocenters. The van der Waals surface area contributed by atoms with Crippen LogP contribution in [0.15, 0.2) is 6.07 Å². The van der Waals surface area contributed by atoms with Gasteiger partial charge in [-0.2, -0.15) is 0 Å². The van der Waals surface area contributed by atoms with Gasteiger partial charge in [0.25, 0.3) is 0 Å². The van der Waals surface area contributed by atoms with Gasteiger partial charge in [-0.1, -0.05) is 15.9 Å². The lowest BCUT2D eigenvalue weighted by Gasteiger charge is -2.09. The van der Waals surface area contributed by atoms with Gasteiger partial charge in [-0.3, -0.25) is 0 Å². The average Bonchev–Trinajstić information content (AvgIpc) is 2.13. The second-order valence-corrected chi connectivity index (χ2v) is 3.95. The predicted octanol–water partition coefficient (Wildman–Crippen LogP) is 3.47. The van der Waals surface area contributed by atoms with E-state index in [0.717, 1.165) is 6.07 Å². The first-order chi connectivity index (χ1) is 6.11. The molecule has 1 aromatic carbocycles. The van der Waals surface area contributed by atoms with Crippen LogP contribution in [0, 0.1) is 15.2 Å². The maximum absolute atomic E-state index is 13.0. The van der Waals surface area contributed by atoms with Crippen LogP contribution in [-0.2, 0) is 5.33 Å². The van der Waals surface area contributed by atoms with E-state index in [1.165, 1.54) is 7.11 Å². The summed E-state index contributed by atoms with van der Waals surface area (Å²) in [5, 5.41) is 0.434. The summed E-state index contributed by atoms with van der Waals surface area (Å²) in [7, 11) is 1.43. The molecule has 0 aliphatic heterocycles. The zero-order valence-electron chi connectivity index (χ0n) is 6.70. The number of halogens is 4. The number of rotatable bonds is 2. The van der Waals surface area contributed by atoms with Crippen LogP contribution in [-0.4, -0.2) is 7.11 Å². The Hall–Kier alpha value is 0.0900. The first-order valence-electron chi connectivity index (χ1n) is 3.38. The van der Waals surface area contributed by atoms with Crippen LogP contribution in [0.4, 0.5) is 8.78 Å². The first-order valence-corrected chi connectivity index (χ1v) is 5.58. The molecule has 0 spiro atoms. The number of alkyl halides is 1. The van der Waals surface area contributed by atoms with E-state index < -0.39 is 11.6 Å². The number of methoxy groups -OCH3 is 1. The fourth-order valence-electron chi connectivity index (χ4n) is 0.947. The molecule has 0 fully saturated rings. The van der Waals surface area contributed by atoms with E-state index in [1.54, 1.807) is 22.6 Å². The number of hydrogen-bond acceptors (Lipinski definition) is 1. The zero-order chi connectivity index (χ0) is 10.0. The predicted molar refractivity (Wildman–Crippen MR) is 58.3 cm³/mol. The maximum Gasteiger partial charge on any atom is 0.175 e. The Morgan fingerprint density at radius 3 is 2.62 bits per heavy atom. The molecule has 5 heteroatoms. The topological polar surface area (TPSA) is 9.23 Å². The number of benzene rings is 1. The molecule has 0 saturated heterocycles. The van der Waals surface area contributed by atoms with E-state index in [4.69, 9.17) is 4.74 Å². The van der Waals surface area contributed by atoms with E-state index in [-0.39, 0.29) is 3.57 Å². The molecule has 1 aromatic rings. The van der Waals surface area contributed by atoms with Crippen molar-refractivity contribution in [1.29, 1.82) is 0 Å². The summed E-state index contributed by atoms with van der Waals surface area (Å²) in [4.78, 5) is 0. The van der Waals surface area contributed by atoms with Gasteiger partial charge in [-0.05, 0) is 28.7 Å². The summed E-state index contributed by atoms with van der Waals surface area (Å²) in [6.45, 7) is 0. The van der Waals surface area contributed by atoms with Gasteiger partial charge in [-0.25, -0.2) is 8.78 Å². The Kier molecular flexibility index (Phi) is 3.90. The van der Waals surface area contributed by atoms with Crippen LogP contribution in [0.5, 0.6) is 5.75 Å². The Balaban J connectivity index is 3.39. The van der Waals surface area contributed by atoms with Crippen LogP contribution in [0.25, 0.3) is 0 Å². The average molecular weight is 363 g/mol. The standard InChI is InChI=1S/C8H6BrF2IO/c1-13-8-4(3-9)2-5(10)6(11)7(8)12/h2H,3H2,1H3. The molecule has 0 radical (unpaired) electrons. The van der Waals surface area contributed by atoms with Gasteiger partial charge in [0.2, 0.25) is 0 Å². The van der Waals surface area contributed by atoms with Crippen molar-refractivity contribution in [3.8, 4) is 5.75 Å². The molecule has 72 valence electrons. The van der Waals surface area contributed by atoms with Crippen molar-refractivity contribution < 1.29 is 13.5 Å². The van der Waals surface area contributed by atoms with Crippen molar-refractivity contribution in [1.82, 2.24) is 0 Å². The third-order valence-electron chi connectivity index (χ3n) is 1.54. The third-order valence-corrected chi connectivity index (χ3v) is 3.11. The molecule has 1 rings (SSSR count). The van der Waals surface area contributed by atoms with Gasteiger partial charge in [0, 0.05) is 10.9 Å². The van der Waals surface area contributed by atoms with Gasteiger partial charge < -0.3 is 4.74 Å². The van der Waals surface area contributed by atoms with Crippen LogP contribution in [0.3, 0.4) is 0 Å². The molecule has 0 aromatic heterocycles. The molecular weight excluding hydrogens is 357 g/mol. The Labute approximate surface area is 96.7 Å². The van der Waals surface area contributed by atoms with Gasteiger partial charge in [0.1, 0.15) is 5.75 Å². The molecule has 13 heavy (non-hydrogen) atoms. The second-order valence-electron chi connectivity index (χ2n) is 2.31. The minimum Gasteiger partial charge on any atom is -0.495 e. The van der Waals surface area contributed by atoms with Gasteiger partial charge >= 0.3 is 0 Å². The fourth-order valence-corrected chi connectivity index (χ4v) is 2.19. The normalized spacial score (nSPS) is 10.2. The van der Waals surface area contributed by atoms with Crippen molar-refractivity contribution in [2.75, 3.05) is 7.11 Å². The molecule has 0 saturated carbocycles. The lowest BCUT2D eigenvalue weighted by molar-refractivity contribution is 0.397. The number of hydrogen-bond donors (Lipinski definition) is 0. The summed E-state index contributed by atoms with van der Waals surface area (Å²) in [5.74, 6) is -1.32. The molecular formula is C8H6BrF2IO. The Morgan fingerprint density at radius 2 is 2.15 bits per heavy atom. The molecule has 0 atom stereocenters. The minimum absolute atomic E-state index is 0.176. The van der Waals surface area contributed by atoms with Gasteiger partial charge in [0.15, 0.2) is 11.6 Å². The van der Waals surface area contributed by atoms with Crippen LogP contribution in [0.1, 0.15) is 5.56 Å². The molecule has 0 aliphatic rings. The van der Waals surface area contributed by atoms with Crippen LogP contribution in [0.2, 0.25) is 0 Å². The van der Waals surface area contributed by atoms with Crippen molar-refractivity contribution in [2.45, 2.75) is 5.33 Å². The summed E-state index contributed by atoms with van der Waals surface area (Å²) in [5.41, 5.74) is 0.603. The van der Waals surface area contributed by atoms with Crippen LogP contribution >= 0.6 is 38.5 Å². The van der Waals surface area contributed by atoms with E-state index in [1.807, 2.05) is 0 Å². The molecule has 0 bridgehead atoms. The fraction of sp³-hybridized carbons (Fsp3) is 0.250. The molecule has 1 nitrogen and oxygen atoms in total. The molecule has 0 heterocycles. The highest BCUT2D eigenvalue weighted by molar-refractivity contribution is 14.1. The SMILES string of the molecule is COc1c(CBr)cc(F)c(F)c1I. The summed E-state index contributed by atoms with van der Waals surface area (Å²) >= 11 is 4.89. The van der Waals surface area contributed by atoms with Crippen molar-refractivity contribution in [3.05, 3.63) is 26.8 Å². The van der Waals surface area contributed by atoms with Gasteiger partial charge in [-0.15, -0.1) is 0 Å². The third kappa shape index (κ3) is 2.12. The lowest BCUT2D eigenvalue weighted by atomic mass is 10.2. The Morgan fingerprint density at radius 1 is 1.54 bits per heavy atom. The molecule has 0 amide bonds. The highest BCUT2D eigenvalue weighted by atomic mass is 127. The lowest BCUT2D eigenvalue weighted by Crippen LogP contribution is -1.98. The van der Waals surface area contributed by atoms with Gasteiger partial charge in [0.05, 0.1) is 10.7 Å². The van der Waals surface area contributed by atoms with E-state index in [9.17, 15) is 8.78 Å². The second kappa shape index (κ2) is 4.54. The minimum atomic E-state index is -0.859. The summed E-state index contributed by atoms with van der Waals surface area (Å²) < 4.78 is 31.0. The summed E-state index contributed by atoms with van der Waals surface area (Å²) in [6, 6.07) is 1.13.